The molecule has 0 spiro atoms. The topological polar surface area (TPSA) is 81.5 Å². The summed E-state index contributed by atoms with van der Waals surface area (Å²) < 4.78 is 5.03. The highest BCUT2D eigenvalue weighted by Gasteiger charge is 2.41. The van der Waals surface area contributed by atoms with Gasteiger partial charge in [-0.05, 0) is 33.1 Å². The van der Waals surface area contributed by atoms with Crippen LogP contribution in [0.25, 0.3) is 0 Å². The first-order valence-electron chi connectivity index (χ1n) is 5.93. The lowest BCUT2D eigenvalue weighted by Gasteiger charge is -2.35. The van der Waals surface area contributed by atoms with Crippen LogP contribution in [0.5, 0.6) is 0 Å². The zero-order chi connectivity index (χ0) is 13.1. The first kappa shape index (κ1) is 13.9. The van der Waals surface area contributed by atoms with Crippen molar-refractivity contribution in [2.75, 3.05) is 13.2 Å². The van der Waals surface area contributed by atoms with Crippen LogP contribution < -0.4 is 5.32 Å². The fraction of sp³-hybridized carbons (Fsp3) is 0.909. The molecule has 0 saturated carbocycles. The first-order valence-corrected chi connectivity index (χ1v) is 5.93. The summed E-state index contributed by atoms with van der Waals surface area (Å²) in [6.07, 6.45) is 0.453. The second-order valence-corrected chi connectivity index (χ2v) is 4.93. The maximum absolute atomic E-state index is 11.8. The number of rotatable bonds is 4. The minimum Gasteiger partial charge on any atom is -0.466 e. The molecule has 0 aromatic rings. The summed E-state index contributed by atoms with van der Waals surface area (Å²) >= 11 is 0. The van der Waals surface area contributed by atoms with Crippen LogP contribution in [-0.4, -0.2) is 30.2 Å². The van der Waals surface area contributed by atoms with Crippen molar-refractivity contribution in [3.63, 3.8) is 0 Å². The van der Waals surface area contributed by atoms with Crippen molar-refractivity contribution < 1.29 is 14.5 Å². The van der Waals surface area contributed by atoms with Gasteiger partial charge in [-0.25, -0.2) is 0 Å². The van der Waals surface area contributed by atoms with Gasteiger partial charge < -0.3 is 4.74 Å². The van der Waals surface area contributed by atoms with Gasteiger partial charge in [-0.2, -0.15) is 0 Å². The second-order valence-electron chi connectivity index (χ2n) is 4.93. The Morgan fingerprint density at radius 1 is 1.53 bits per heavy atom. The highest BCUT2D eigenvalue weighted by atomic mass is 16.6. The zero-order valence-electron chi connectivity index (χ0n) is 10.6. The molecule has 98 valence electrons. The molecule has 1 heterocycles. The third-order valence-electron chi connectivity index (χ3n) is 3.47. The van der Waals surface area contributed by atoms with Gasteiger partial charge in [0.2, 0.25) is 0 Å². The lowest BCUT2D eigenvalue weighted by atomic mass is 9.74. The van der Waals surface area contributed by atoms with Gasteiger partial charge in [0.15, 0.2) is 0 Å². The van der Waals surface area contributed by atoms with E-state index in [0.29, 0.717) is 26.0 Å². The molecule has 0 aliphatic carbocycles. The maximum atomic E-state index is 11.8. The van der Waals surface area contributed by atoms with E-state index in [4.69, 9.17) is 4.74 Å². The average Bonchev–Trinajstić information content (AvgIpc) is 2.29. The molecule has 0 aromatic carbocycles. The SMILES string of the molecule is CCOC(=O)C(C)(C)C1CCC([N+](=O)[O-])NC1. The molecule has 17 heavy (non-hydrogen) atoms. The van der Waals surface area contributed by atoms with E-state index in [-0.39, 0.29) is 16.8 Å². The lowest BCUT2D eigenvalue weighted by molar-refractivity contribution is -0.533. The normalized spacial score (nSPS) is 25.4. The molecule has 2 unspecified atom stereocenters. The van der Waals surface area contributed by atoms with Crippen LogP contribution in [-0.2, 0) is 9.53 Å². The smallest absolute Gasteiger partial charge is 0.311 e. The van der Waals surface area contributed by atoms with Crippen molar-refractivity contribution in [2.24, 2.45) is 11.3 Å². The Morgan fingerprint density at radius 3 is 2.59 bits per heavy atom. The molecule has 1 fully saturated rings. The minimum atomic E-state index is -0.677. The number of hydrogen-bond donors (Lipinski definition) is 1. The molecule has 1 rings (SSSR count). The summed E-state index contributed by atoms with van der Waals surface area (Å²) in [7, 11) is 0. The third-order valence-corrected chi connectivity index (χ3v) is 3.47. The summed E-state index contributed by atoms with van der Waals surface area (Å²) in [6, 6.07) is 0. The van der Waals surface area contributed by atoms with Gasteiger partial charge >= 0.3 is 5.97 Å². The maximum Gasteiger partial charge on any atom is 0.311 e. The van der Waals surface area contributed by atoms with Gasteiger partial charge in [0.25, 0.3) is 6.17 Å². The van der Waals surface area contributed by atoms with E-state index >= 15 is 0 Å². The fourth-order valence-electron chi connectivity index (χ4n) is 2.12. The van der Waals surface area contributed by atoms with Crippen LogP contribution in [0.3, 0.4) is 0 Å². The van der Waals surface area contributed by atoms with Gasteiger partial charge in [0, 0.05) is 17.9 Å². The Hall–Kier alpha value is -1.17. The molecule has 6 nitrogen and oxygen atoms in total. The minimum absolute atomic E-state index is 0.0812. The molecule has 0 aromatic heterocycles. The van der Waals surface area contributed by atoms with E-state index < -0.39 is 11.6 Å². The lowest BCUT2D eigenvalue weighted by Crippen LogP contribution is -2.49. The number of nitro groups is 1. The second kappa shape index (κ2) is 5.44. The molecule has 1 aliphatic heterocycles. The molecular formula is C11H20N2O4. The highest BCUT2D eigenvalue weighted by Crippen LogP contribution is 2.34. The molecule has 1 saturated heterocycles. The standard InChI is InChI=1S/C11H20N2O4/c1-4-17-10(14)11(2,3)8-5-6-9(12-7-8)13(15)16/h8-9,12H,4-7H2,1-3H3. The predicted molar refractivity (Wildman–Crippen MR) is 61.9 cm³/mol. The molecule has 1 aliphatic rings. The predicted octanol–water partition coefficient (Wildman–Crippen LogP) is 1.18. The molecular weight excluding hydrogens is 224 g/mol. The number of esters is 1. The Labute approximate surface area is 101 Å². The van der Waals surface area contributed by atoms with Crippen LogP contribution in [0.4, 0.5) is 0 Å². The summed E-state index contributed by atoms with van der Waals surface area (Å²) in [5.41, 5.74) is -0.593. The van der Waals surface area contributed by atoms with Crippen LogP contribution in [0.1, 0.15) is 33.6 Å². The first-order chi connectivity index (χ1) is 7.89. The van der Waals surface area contributed by atoms with Crippen LogP contribution >= 0.6 is 0 Å². The van der Waals surface area contributed by atoms with Crippen molar-refractivity contribution in [2.45, 2.75) is 39.8 Å². The van der Waals surface area contributed by atoms with E-state index in [1.54, 1.807) is 6.92 Å². The molecule has 2 atom stereocenters. The summed E-state index contributed by atoms with van der Waals surface area (Å²) in [6.45, 7) is 6.29. The van der Waals surface area contributed by atoms with Crippen LogP contribution in [0.15, 0.2) is 0 Å². The number of carbonyl (C=O) groups excluding carboxylic acids is 1. The van der Waals surface area contributed by atoms with Crippen LogP contribution in [0, 0.1) is 21.4 Å². The molecule has 6 heteroatoms. The van der Waals surface area contributed by atoms with Gasteiger partial charge in [0.05, 0.1) is 12.0 Å². The van der Waals surface area contributed by atoms with Crippen LogP contribution in [0.2, 0.25) is 0 Å². The Balaban J connectivity index is 2.58. The van der Waals surface area contributed by atoms with Crippen molar-refractivity contribution in [3.8, 4) is 0 Å². The van der Waals surface area contributed by atoms with Crippen molar-refractivity contribution in [1.82, 2.24) is 5.32 Å². The summed E-state index contributed by atoms with van der Waals surface area (Å²) in [5, 5.41) is 13.5. The monoisotopic (exact) mass is 244 g/mol. The number of piperidine rings is 1. The van der Waals surface area contributed by atoms with Gasteiger partial charge in [-0.3, -0.25) is 20.2 Å². The fourth-order valence-corrected chi connectivity index (χ4v) is 2.12. The van der Waals surface area contributed by atoms with E-state index in [1.807, 2.05) is 13.8 Å². The summed E-state index contributed by atoms with van der Waals surface area (Å²) in [4.78, 5) is 22.1. The Kier molecular flexibility index (Phi) is 4.45. The molecule has 0 amide bonds. The van der Waals surface area contributed by atoms with E-state index in [2.05, 4.69) is 5.32 Å². The molecule has 0 radical (unpaired) electrons. The van der Waals surface area contributed by atoms with Gasteiger partial charge in [-0.1, -0.05) is 0 Å². The molecule has 1 N–H and O–H groups in total. The number of nitrogens with one attached hydrogen (secondary N) is 1. The van der Waals surface area contributed by atoms with E-state index in [1.165, 1.54) is 0 Å². The number of nitrogens with zero attached hydrogens (tertiary/aromatic N) is 1. The number of carbonyl (C=O) groups is 1. The number of hydrogen-bond acceptors (Lipinski definition) is 5. The Morgan fingerprint density at radius 2 is 2.18 bits per heavy atom. The summed E-state index contributed by atoms with van der Waals surface area (Å²) in [5.74, 6) is -0.149. The number of ether oxygens (including phenoxy) is 1. The van der Waals surface area contributed by atoms with Crippen molar-refractivity contribution >= 4 is 5.97 Å². The van der Waals surface area contributed by atoms with Crippen molar-refractivity contribution in [1.29, 1.82) is 0 Å². The largest absolute Gasteiger partial charge is 0.466 e. The van der Waals surface area contributed by atoms with Gasteiger partial charge in [0.1, 0.15) is 0 Å². The van der Waals surface area contributed by atoms with Gasteiger partial charge in [-0.15, -0.1) is 0 Å². The quantitative estimate of drug-likeness (QED) is 0.456. The average molecular weight is 244 g/mol. The Bertz CT molecular complexity index is 296. The third kappa shape index (κ3) is 3.15. The molecule has 0 bridgehead atoms. The van der Waals surface area contributed by atoms with Crippen molar-refractivity contribution in [3.05, 3.63) is 10.1 Å². The van der Waals surface area contributed by atoms with E-state index in [9.17, 15) is 14.9 Å². The highest BCUT2D eigenvalue weighted by molar-refractivity contribution is 5.76. The zero-order valence-corrected chi connectivity index (χ0v) is 10.6. The van der Waals surface area contributed by atoms with E-state index in [0.717, 1.165) is 0 Å².